The molecule has 4 nitrogen and oxygen atoms in total. The minimum absolute atomic E-state index is 0.194. The summed E-state index contributed by atoms with van der Waals surface area (Å²) in [6.07, 6.45) is 7.55. The molecule has 0 saturated heterocycles. The third-order valence-corrected chi connectivity index (χ3v) is 2.43. The van der Waals surface area contributed by atoms with E-state index in [0.29, 0.717) is 5.41 Å². The van der Waals surface area contributed by atoms with Crippen LogP contribution in [0.25, 0.3) is 0 Å². The number of nitrogens with zero attached hydrogens (tertiary/aromatic N) is 2. The van der Waals surface area contributed by atoms with Crippen molar-refractivity contribution in [2.24, 2.45) is 12.5 Å². The normalized spacial score (nSPS) is 11.6. The van der Waals surface area contributed by atoms with Gasteiger partial charge < -0.3 is 9.90 Å². The first-order valence-electron chi connectivity index (χ1n) is 5.72. The number of aryl methyl sites for hydroxylation is 1. The van der Waals surface area contributed by atoms with Gasteiger partial charge in [-0.2, -0.15) is 0 Å². The van der Waals surface area contributed by atoms with Crippen molar-refractivity contribution < 1.29 is 14.5 Å². The van der Waals surface area contributed by atoms with Gasteiger partial charge in [-0.05, 0) is 25.7 Å². The SMILES string of the molecule is C[n+]1ccn(C(C)(C)CC(C)(C)C)c1.O=C[O-]. The molecule has 1 rings (SSSR count). The lowest BCUT2D eigenvalue weighted by molar-refractivity contribution is -0.671. The molecular weight excluding hydrogens is 216 g/mol. The van der Waals surface area contributed by atoms with Gasteiger partial charge in [0.25, 0.3) is 0 Å². The fraction of sp³-hybridized carbons (Fsp3) is 0.692. The van der Waals surface area contributed by atoms with Crippen LogP contribution < -0.4 is 9.67 Å². The molecule has 1 aromatic heterocycles. The summed E-state index contributed by atoms with van der Waals surface area (Å²) in [5.74, 6) is 0. The van der Waals surface area contributed by atoms with Crippen LogP contribution in [0.4, 0.5) is 0 Å². The highest BCUT2D eigenvalue weighted by atomic mass is 16.3. The van der Waals surface area contributed by atoms with Crippen molar-refractivity contribution in [3.8, 4) is 0 Å². The van der Waals surface area contributed by atoms with Crippen molar-refractivity contribution in [3.63, 3.8) is 0 Å². The number of rotatable bonds is 2. The van der Waals surface area contributed by atoms with Crippen LogP contribution >= 0.6 is 0 Å². The molecular formula is C13H24N2O2. The summed E-state index contributed by atoms with van der Waals surface area (Å²) in [6, 6.07) is 0. The number of aromatic nitrogens is 2. The average Bonchev–Trinajstić information content (AvgIpc) is 2.49. The predicted molar refractivity (Wildman–Crippen MR) is 65.1 cm³/mol. The Bertz CT molecular complexity index is 349. The Morgan fingerprint density at radius 2 is 1.76 bits per heavy atom. The van der Waals surface area contributed by atoms with Gasteiger partial charge in [-0.15, -0.1) is 0 Å². The van der Waals surface area contributed by atoms with E-state index in [-0.39, 0.29) is 5.54 Å². The van der Waals surface area contributed by atoms with Crippen LogP contribution in [0, 0.1) is 5.41 Å². The molecule has 1 aromatic rings. The number of hydrogen-bond acceptors (Lipinski definition) is 2. The molecule has 0 saturated carbocycles. The van der Waals surface area contributed by atoms with Gasteiger partial charge in [0.15, 0.2) is 0 Å². The second-order valence-corrected chi connectivity index (χ2v) is 6.13. The summed E-state index contributed by atoms with van der Waals surface area (Å²) in [7, 11) is 2.06. The fourth-order valence-electron chi connectivity index (χ4n) is 2.20. The van der Waals surface area contributed by atoms with E-state index in [1.165, 1.54) is 6.42 Å². The van der Waals surface area contributed by atoms with Crippen LogP contribution in [0.3, 0.4) is 0 Å². The summed E-state index contributed by atoms with van der Waals surface area (Å²) in [4.78, 5) is 8.25. The lowest BCUT2D eigenvalue weighted by Gasteiger charge is -2.29. The van der Waals surface area contributed by atoms with Crippen molar-refractivity contribution in [1.29, 1.82) is 0 Å². The van der Waals surface area contributed by atoms with Gasteiger partial charge in [0.1, 0.15) is 17.9 Å². The molecule has 0 aliphatic carbocycles. The molecule has 0 aliphatic rings. The second kappa shape index (κ2) is 5.84. The molecule has 0 aromatic carbocycles. The topological polar surface area (TPSA) is 48.9 Å². The molecule has 0 radical (unpaired) electrons. The Morgan fingerprint density at radius 1 is 1.29 bits per heavy atom. The van der Waals surface area contributed by atoms with Gasteiger partial charge in [-0.1, -0.05) is 20.8 Å². The van der Waals surface area contributed by atoms with E-state index in [9.17, 15) is 0 Å². The highest BCUT2D eigenvalue weighted by Crippen LogP contribution is 2.31. The maximum absolute atomic E-state index is 8.25. The van der Waals surface area contributed by atoms with E-state index in [2.05, 4.69) is 69.5 Å². The Balaban J connectivity index is 0.000000770. The molecule has 98 valence electrons. The zero-order valence-electron chi connectivity index (χ0n) is 11.7. The smallest absolute Gasteiger partial charge is 0.243 e. The molecule has 0 fully saturated rings. The molecule has 1 heterocycles. The second-order valence-electron chi connectivity index (χ2n) is 6.13. The lowest BCUT2D eigenvalue weighted by atomic mass is 9.82. The van der Waals surface area contributed by atoms with Crippen LogP contribution in [0.1, 0.15) is 41.0 Å². The van der Waals surface area contributed by atoms with Crippen LogP contribution in [-0.4, -0.2) is 11.0 Å². The molecule has 0 bridgehead atoms. The van der Waals surface area contributed by atoms with E-state index in [1.807, 2.05) is 0 Å². The highest BCUT2D eigenvalue weighted by Gasteiger charge is 2.30. The molecule has 0 N–H and O–H groups in total. The average molecular weight is 240 g/mol. The zero-order chi connectivity index (χ0) is 13.7. The predicted octanol–water partition coefficient (Wildman–Crippen LogP) is 0.850. The Morgan fingerprint density at radius 3 is 2.06 bits per heavy atom. The van der Waals surface area contributed by atoms with Crippen LogP contribution in [0.15, 0.2) is 18.7 Å². The van der Waals surface area contributed by atoms with E-state index in [4.69, 9.17) is 9.90 Å². The van der Waals surface area contributed by atoms with Crippen molar-refractivity contribution in [3.05, 3.63) is 18.7 Å². The molecule has 0 atom stereocenters. The zero-order valence-corrected chi connectivity index (χ0v) is 11.7. The first kappa shape index (κ1) is 15.7. The van der Waals surface area contributed by atoms with E-state index in [1.54, 1.807) is 0 Å². The van der Waals surface area contributed by atoms with Crippen molar-refractivity contribution in [2.75, 3.05) is 0 Å². The van der Waals surface area contributed by atoms with Gasteiger partial charge in [-0.25, -0.2) is 9.13 Å². The van der Waals surface area contributed by atoms with Crippen LogP contribution in [0.5, 0.6) is 0 Å². The minimum Gasteiger partial charge on any atom is -0.554 e. The number of carbonyl (C=O) groups is 1. The molecule has 17 heavy (non-hydrogen) atoms. The van der Waals surface area contributed by atoms with E-state index in [0.717, 1.165) is 0 Å². The highest BCUT2D eigenvalue weighted by molar-refractivity contribution is 5.29. The van der Waals surface area contributed by atoms with Gasteiger partial charge in [-0.3, -0.25) is 0 Å². The third-order valence-electron chi connectivity index (χ3n) is 2.43. The van der Waals surface area contributed by atoms with Crippen molar-refractivity contribution in [1.82, 2.24) is 4.57 Å². The van der Waals surface area contributed by atoms with Crippen LogP contribution in [-0.2, 0) is 17.4 Å². The first-order chi connectivity index (χ1) is 7.62. The Labute approximate surface area is 104 Å². The quantitative estimate of drug-likeness (QED) is 0.568. The summed E-state index contributed by atoms with van der Waals surface area (Å²) in [6.45, 7) is 10.9. The maximum Gasteiger partial charge on any atom is 0.243 e. The minimum atomic E-state index is -0.500. The molecule has 0 amide bonds. The largest absolute Gasteiger partial charge is 0.554 e. The number of carbonyl (C=O) groups excluding carboxylic acids is 1. The summed E-state index contributed by atoms with van der Waals surface area (Å²) in [5, 5.41) is 8.25. The van der Waals surface area contributed by atoms with Gasteiger partial charge in [0.2, 0.25) is 6.33 Å². The number of hydrogen-bond donors (Lipinski definition) is 0. The number of imidazole rings is 1. The van der Waals surface area contributed by atoms with Crippen molar-refractivity contribution in [2.45, 2.75) is 46.6 Å². The number of carboxylic acid groups (broad SMARTS) is 1. The molecule has 0 unspecified atom stereocenters. The Hall–Kier alpha value is -1.32. The maximum atomic E-state index is 8.25. The van der Waals surface area contributed by atoms with Gasteiger partial charge >= 0.3 is 0 Å². The monoisotopic (exact) mass is 240 g/mol. The van der Waals surface area contributed by atoms with Crippen LogP contribution in [0.2, 0.25) is 0 Å². The molecule has 4 heteroatoms. The first-order valence-corrected chi connectivity index (χ1v) is 5.72. The molecule has 0 spiro atoms. The molecule has 0 aliphatic heterocycles. The third kappa shape index (κ3) is 6.09. The van der Waals surface area contributed by atoms with Crippen molar-refractivity contribution >= 4 is 6.47 Å². The van der Waals surface area contributed by atoms with Gasteiger partial charge in [0, 0.05) is 6.47 Å². The van der Waals surface area contributed by atoms with E-state index < -0.39 is 6.47 Å². The fourth-order valence-corrected chi connectivity index (χ4v) is 2.20. The summed E-state index contributed by atoms with van der Waals surface area (Å²) >= 11 is 0. The lowest BCUT2D eigenvalue weighted by Crippen LogP contribution is -2.33. The van der Waals surface area contributed by atoms with E-state index >= 15 is 0 Å². The standard InChI is InChI=1S/C12H23N2.CH2O2/c1-11(2,3)9-12(4,5)14-8-7-13(6)10-14;2-1-3/h7-8,10H,9H2,1-6H3;1H,(H,2,3)/q+1;/p-1. The van der Waals surface area contributed by atoms with Gasteiger partial charge in [0.05, 0.1) is 7.05 Å². The Kier molecular flexibility index (Phi) is 5.39. The summed E-state index contributed by atoms with van der Waals surface area (Å²) in [5.41, 5.74) is 0.561. The summed E-state index contributed by atoms with van der Waals surface area (Å²) < 4.78 is 4.38.